The molecule has 0 aliphatic carbocycles. The van der Waals surface area contributed by atoms with Crippen LogP contribution in [0, 0.1) is 17.2 Å². The molecule has 0 radical (unpaired) electrons. The van der Waals surface area contributed by atoms with Crippen molar-refractivity contribution in [2.24, 2.45) is 5.92 Å². The summed E-state index contributed by atoms with van der Waals surface area (Å²) in [5.41, 5.74) is 0.982. The van der Waals surface area contributed by atoms with E-state index >= 15 is 0 Å². The minimum atomic E-state index is -0.277. The first-order valence-corrected chi connectivity index (χ1v) is 7.49. The summed E-state index contributed by atoms with van der Waals surface area (Å²) in [6.07, 6.45) is 1.72. The number of nitriles is 1. The van der Waals surface area contributed by atoms with Gasteiger partial charge in [-0.05, 0) is 24.3 Å². The van der Waals surface area contributed by atoms with E-state index in [0.29, 0.717) is 6.61 Å². The van der Waals surface area contributed by atoms with Crippen LogP contribution < -0.4 is 0 Å². The van der Waals surface area contributed by atoms with Crippen LogP contribution in [0.25, 0.3) is 0 Å². The molecule has 2 atom stereocenters. The number of hydrogen-bond acceptors (Lipinski definition) is 4. The van der Waals surface area contributed by atoms with Crippen molar-refractivity contribution in [1.82, 2.24) is 4.90 Å². The highest BCUT2D eigenvalue weighted by atomic mass is 16.5. The van der Waals surface area contributed by atoms with Crippen molar-refractivity contribution in [2.75, 3.05) is 6.54 Å². The lowest BCUT2D eigenvalue weighted by atomic mass is 10.0. The van der Waals surface area contributed by atoms with Gasteiger partial charge in [-0.2, -0.15) is 5.26 Å². The van der Waals surface area contributed by atoms with Gasteiger partial charge in [0.15, 0.2) is 0 Å². The molecule has 0 amide bonds. The zero-order valence-electron chi connectivity index (χ0n) is 12.7. The molecule has 0 saturated carbocycles. The molecule has 0 spiro atoms. The second kappa shape index (κ2) is 7.24. The lowest BCUT2D eigenvalue weighted by molar-refractivity contribution is -0.151. The SMILES string of the molecule is CC(C)C(C#N)N1CCC[C@H]1C(=O)OCc1ccccc1. The van der Waals surface area contributed by atoms with Gasteiger partial charge in [0.25, 0.3) is 0 Å². The summed E-state index contributed by atoms with van der Waals surface area (Å²) in [6, 6.07) is 11.5. The molecule has 112 valence electrons. The number of likely N-dealkylation sites (tertiary alicyclic amines) is 1. The fourth-order valence-corrected chi connectivity index (χ4v) is 2.81. The Morgan fingerprint density at radius 3 is 2.76 bits per heavy atom. The van der Waals surface area contributed by atoms with Crippen LogP contribution in [0.15, 0.2) is 30.3 Å². The smallest absolute Gasteiger partial charge is 0.323 e. The fourth-order valence-electron chi connectivity index (χ4n) is 2.81. The Bertz CT molecular complexity index is 507. The van der Waals surface area contributed by atoms with Crippen molar-refractivity contribution in [1.29, 1.82) is 5.26 Å². The summed E-state index contributed by atoms with van der Waals surface area (Å²) in [7, 11) is 0. The van der Waals surface area contributed by atoms with Gasteiger partial charge in [0.05, 0.1) is 6.07 Å². The second-order valence-corrected chi connectivity index (χ2v) is 5.81. The van der Waals surface area contributed by atoms with Crippen LogP contribution in [-0.4, -0.2) is 29.5 Å². The summed E-state index contributed by atoms with van der Waals surface area (Å²) in [5, 5.41) is 9.32. The van der Waals surface area contributed by atoms with Crippen LogP contribution in [-0.2, 0) is 16.1 Å². The van der Waals surface area contributed by atoms with Crippen molar-refractivity contribution >= 4 is 5.97 Å². The summed E-state index contributed by atoms with van der Waals surface area (Å²) in [4.78, 5) is 14.3. The maximum atomic E-state index is 12.3. The molecule has 21 heavy (non-hydrogen) atoms. The number of carbonyl (C=O) groups is 1. The highest BCUT2D eigenvalue weighted by Gasteiger charge is 2.37. The highest BCUT2D eigenvalue weighted by Crippen LogP contribution is 2.24. The highest BCUT2D eigenvalue weighted by molar-refractivity contribution is 5.76. The molecule has 4 nitrogen and oxygen atoms in total. The average molecular weight is 286 g/mol. The van der Waals surface area contributed by atoms with E-state index in [0.717, 1.165) is 24.9 Å². The number of ether oxygens (including phenoxy) is 1. The van der Waals surface area contributed by atoms with Crippen LogP contribution in [0.3, 0.4) is 0 Å². The monoisotopic (exact) mass is 286 g/mol. The zero-order valence-corrected chi connectivity index (χ0v) is 12.7. The van der Waals surface area contributed by atoms with Crippen molar-refractivity contribution in [3.05, 3.63) is 35.9 Å². The Morgan fingerprint density at radius 2 is 2.14 bits per heavy atom. The van der Waals surface area contributed by atoms with Gasteiger partial charge in [-0.3, -0.25) is 9.69 Å². The van der Waals surface area contributed by atoms with Gasteiger partial charge < -0.3 is 4.74 Å². The number of esters is 1. The quantitative estimate of drug-likeness (QED) is 0.781. The van der Waals surface area contributed by atoms with Crippen LogP contribution in [0.2, 0.25) is 0 Å². The molecule has 1 heterocycles. The van der Waals surface area contributed by atoms with Crippen molar-refractivity contribution < 1.29 is 9.53 Å². The molecule has 0 N–H and O–H groups in total. The number of hydrogen-bond donors (Lipinski definition) is 0. The Hall–Kier alpha value is -1.86. The molecule has 0 aromatic heterocycles. The Labute approximate surface area is 126 Å². The van der Waals surface area contributed by atoms with Crippen molar-refractivity contribution in [3.8, 4) is 6.07 Å². The maximum absolute atomic E-state index is 12.3. The molecular weight excluding hydrogens is 264 g/mol. The molecule has 1 fully saturated rings. The normalized spacial score (nSPS) is 20.2. The van der Waals surface area contributed by atoms with E-state index in [4.69, 9.17) is 4.74 Å². The predicted octanol–water partition coefficient (Wildman–Crippen LogP) is 2.74. The van der Waals surface area contributed by atoms with E-state index in [9.17, 15) is 10.1 Å². The van der Waals surface area contributed by atoms with Crippen molar-refractivity contribution in [2.45, 2.75) is 45.4 Å². The predicted molar refractivity (Wildman–Crippen MR) is 80.2 cm³/mol. The van der Waals surface area contributed by atoms with E-state index in [1.54, 1.807) is 0 Å². The second-order valence-electron chi connectivity index (χ2n) is 5.81. The standard InChI is InChI=1S/C17H22N2O2/c1-13(2)16(11-18)19-10-6-9-15(19)17(20)21-12-14-7-4-3-5-8-14/h3-5,7-8,13,15-16H,6,9-10,12H2,1-2H3/t15-,16?/m0/s1. The van der Waals surface area contributed by atoms with Crippen LogP contribution >= 0.6 is 0 Å². The molecular formula is C17H22N2O2. The van der Waals surface area contributed by atoms with Gasteiger partial charge in [0.2, 0.25) is 0 Å². The maximum Gasteiger partial charge on any atom is 0.323 e. The number of benzene rings is 1. The summed E-state index contributed by atoms with van der Waals surface area (Å²) in [6.45, 7) is 5.11. The van der Waals surface area contributed by atoms with E-state index < -0.39 is 0 Å². The molecule has 1 saturated heterocycles. The van der Waals surface area contributed by atoms with Crippen LogP contribution in [0.4, 0.5) is 0 Å². The van der Waals surface area contributed by atoms with Crippen LogP contribution in [0.5, 0.6) is 0 Å². The van der Waals surface area contributed by atoms with E-state index in [2.05, 4.69) is 6.07 Å². The third kappa shape index (κ3) is 3.83. The lowest BCUT2D eigenvalue weighted by Gasteiger charge is -2.29. The van der Waals surface area contributed by atoms with Gasteiger partial charge in [0, 0.05) is 6.54 Å². The van der Waals surface area contributed by atoms with Gasteiger partial charge in [-0.15, -0.1) is 0 Å². The Kier molecular flexibility index (Phi) is 5.35. The molecule has 0 bridgehead atoms. The topological polar surface area (TPSA) is 53.3 Å². The molecule has 4 heteroatoms. The Morgan fingerprint density at radius 1 is 1.43 bits per heavy atom. The van der Waals surface area contributed by atoms with Crippen LogP contribution in [0.1, 0.15) is 32.3 Å². The van der Waals surface area contributed by atoms with E-state index in [-0.39, 0.29) is 24.0 Å². The molecule has 1 aromatic rings. The third-order valence-corrected chi connectivity index (χ3v) is 3.91. The number of carbonyl (C=O) groups excluding carboxylic acids is 1. The number of nitrogens with zero attached hydrogens (tertiary/aromatic N) is 2. The summed E-state index contributed by atoms with van der Waals surface area (Å²) >= 11 is 0. The zero-order chi connectivity index (χ0) is 15.2. The minimum Gasteiger partial charge on any atom is -0.460 e. The lowest BCUT2D eigenvalue weighted by Crippen LogP contribution is -2.45. The molecule has 1 aromatic carbocycles. The first-order valence-electron chi connectivity index (χ1n) is 7.49. The van der Waals surface area contributed by atoms with Gasteiger partial charge >= 0.3 is 5.97 Å². The first kappa shape index (κ1) is 15.5. The average Bonchev–Trinajstić information content (AvgIpc) is 2.95. The molecule has 2 rings (SSSR count). The molecule has 1 aliphatic rings. The van der Waals surface area contributed by atoms with E-state index in [1.807, 2.05) is 49.1 Å². The largest absolute Gasteiger partial charge is 0.460 e. The first-order chi connectivity index (χ1) is 10.1. The van der Waals surface area contributed by atoms with Gasteiger partial charge in [-0.1, -0.05) is 44.2 Å². The molecule has 1 unspecified atom stereocenters. The summed E-state index contributed by atoms with van der Waals surface area (Å²) < 4.78 is 5.43. The fraction of sp³-hybridized carbons (Fsp3) is 0.529. The van der Waals surface area contributed by atoms with E-state index in [1.165, 1.54) is 0 Å². The third-order valence-electron chi connectivity index (χ3n) is 3.91. The molecule has 1 aliphatic heterocycles. The summed E-state index contributed by atoms with van der Waals surface area (Å²) in [5.74, 6) is -0.00484. The van der Waals surface area contributed by atoms with Crippen molar-refractivity contribution in [3.63, 3.8) is 0 Å². The minimum absolute atomic E-state index is 0.206. The van der Waals surface area contributed by atoms with Gasteiger partial charge in [-0.25, -0.2) is 0 Å². The Balaban J connectivity index is 1.96. The number of rotatable bonds is 5. The van der Waals surface area contributed by atoms with Gasteiger partial charge in [0.1, 0.15) is 18.7 Å².